The van der Waals surface area contributed by atoms with Gasteiger partial charge in [-0.05, 0) is 91.7 Å². The average molecular weight is 630 g/mol. The number of nitrogens with zero attached hydrogens (tertiary/aromatic N) is 1. The lowest BCUT2D eigenvalue weighted by Gasteiger charge is -2.25. The number of hydrogen-bond acceptors (Lipinski definition) is 5. The standard InChI is InChI=1S/C39H48ClNO4/c1-11-44-27-20-30-35(32(22-27)42-9)24(3)29(38(30,4)5)18-16-25-14-13-15-26(36(25)40)17-19-34-39(6,7)31-21-28(45-12-2)23-33(43-10)37(31)41(34)8/h16-23H,11-15H2,1-10H3/b18-16+,26-17?,34-19-. The molecule has 45 heavy (non-hydrogen) atoms. The number of ether oxygens (including phenoxy) is 4. The lowest BCUT2D eigenvalue weighted by Crippen LogP contribution is -2.22. The first kappa shape index (κ1) is 32.8. The number of allylic oxidation sites excluding steroid dienone is 10. The fourth-order valence-electron chi connectivity index (χ4n) is 7.34. The summed E-state index contributed by atoms with van der Waals surface area (Å²) in [6, 6.07) is 8.29. The van der Waals surface area contributed by atoms with Crippen LogP contribution in [0.15, 0.2) is 76.0 Å². The van der Waals surface area contributed by atoms with Crippen molar-refractivity contribution in [2.45, 2.75) is 78.6 Å². The predicted octanol–water partition coefficient (Wildman–Crippen LogP) is 10.0. The molecule has 3 aliphatic rings. The molecule has 2 aromatic carbocycles. The van der Waals surface area contributed by atoms with E-state index in [4.69, 9.17) is 30.5 Å². The van der Waals surface area contributed by atoms with Crippen LogP contribution in [-0.2, 0) is 10.8 Å². The van der Waals surface area contributed by atoms with Crippen molar-refractivity contribution in [2.24, 2.45) is 0 Å². The number of fused-ring (bicyclic) bond motifs is 2. The second-order valence-corrected chi connectivity index (χ2v) is 13.4. The van der Waals surface area contributed by atoms with Crippen molar-refractivity contribution in [1.29, 1.82) is 0 Å². The first-order chi connectivity index (χ1) is 21.4. The van der Waals surface area contributed by atoms with Crippen LogP contribution in [0.2, 0.25) is 0 Å². The van der Waals surface area contributed by atoms with Gasteiger partial charge in [-0.3, -0.25) is 0 Å². The number of methoxy groups -OCH3 is 2. The maximum absolute atomic E-state index is 7.15. The fraction of sp³-hybridized carbons (Fsp3) is 0.436. The van der Waals surface area contributed by atoms with Gasteiger partial charge in [0.2, 0.25) is 0 Å². The molecule has 1 heterocycles. The van der Waals surface area contributed by atoms with Gasteiger partial charge < -0.3 is 23.8 Å². The molecule has 0 bridgehead atoms. The molecule has 6 heteroatoms. The Hall–Kier alpha value is -3.57. The zero-order valence-electron chi connectivity index (χ0n) is 28.6. The van der Waals surface area contributed by atoms with Gasteiger partial charge in [0.15, 0.2) is 0 Å². The quantitative estimate of drug-likeness (QED) is 0.276. The molecular formula is C39H48ClNO4. The molecule has 240 valence electrons. The molecule has 0 aromatic heterocycles. The van der Waals surface area contributed by atoms with E-state index in [1.54, 1.807) is 14.2 Å². The van der Waals surface area contributed by atoms with Crippen molar-refractivity contribution in [1.82, 2.24) is 0 Å². The first-order valence-electron chi connectivity index (χ1n) is 16.0. The second kappa shape index (κ2) is 12.7. The average Bonchev–Trinajstić information content (AvgIpc) is 3.32. The molecule has 0 unspecified atom stereocenters. The lowest BCUT2D eigenvalue weighted by molar-refractivity contribution is 0.335. The van der Waals surface area contributed by atoms with Crippen LogP contribution < -0.4 is 23.8 Å². The zero-order chi connectivity index (χ0) is 32.7. The fourth-order valence-corrected chi connectivity index (χ4v) is 7.66. The molecule has 0 saturated heterocycles. The maximum atomic E-state index is 7.15. The highest BCUT2D eigenvalue weighted by molar-refractivity contribution is 6.32. The van der Waals surface area contributed by atoms with Crippen molar-refractivity contribution in [2.75, 3.05) is 39.4 Å². The molecule has 0 amide bonds. The Kier molecular flexibility index (Phi) is 9.24. The SMILES string of the molecule is CCOc1cc(OC)c2c(c1)C(C)(C)C(/C=C/C1=C(Cl)C(=C/C=C3\N(C)c4c(OC)cc(OCC)cc4C3(C)C)CCC1)=C2C. The van der Waals surface area contributed by atoms with E-state index < -0.39 is 0 Å². The number of hydrogen-bond donors (Lipinski definition) is 0. The summed E-state index contributed by atoms with van der Waals surface area (Å²) < 4.78 is 23.4. The molecule has 0 fully saturated rings. The van der Waals surface area contributed by atoms with Gasteiger partial charge in [-0.15, -0.1) is 0 Å². The molecular weight excluding hydrogens is 582 g/mol. The van der Waals surface area contributed by atoms with E-state index in [0.717, 1.165) is 58.5 Å². The Labute approximate surface area is 274 Å². The first-order valence-corrected chi connectivity index (χ1v) is 16.4. The summed E-state index contributed by atoms with van der Waals surface area (Å²) in [5, 5.41) is 0.851. The summed E-state index contributed by atoms with van der Waals surface area (Å²) in [5.41, 5.74) is 10.3. The van der Waals surface area contributed by atoms with E-state index in [1.165, 1.54) is 39.1 Å². The van der Waals surface area contributed by atoms with Crippen molar-refractivity contribution in [3.05, 3.63) is 92.7 Å². The molecule has 5 nitrogen and oxygen atoms in total. The van der Waals surface area contributed by atoms with Gasteiger partial charge in [-0.25, -0.2) is 0 Å². The van der Waals surface area contributed by atoms with Crippen molar-refractivity contribution < 1.29 is 18.9 Å². The van der Waals surface area contributed by atoms with Crippen LogP contribution in [0, 0.1) is 0 Å². The number of likely N-dealkylation sites (N-methyl/N-ethyl adjacent to an activating group) is 1. The van der Waals surface area contributed by atoms with E-state index in [9.17, 15) is 0 Å². The van der Waals surface area contributed by atoms with Crippen LogP contribution in [0.25, 0.3) is 5.57 Å². The maximum Gasteiger partial charge on any atom is 0.146 e. The third kappa shape index (κ3) is 5.69. The van der Waals surface area contributed by atoms with E-state index in [1.807, 2.05) is 26.0 Å². The summed E-state index contributed by atoms with van der Waals surface area (Å²) in [6.45, 7) is 16.5. The Morgan fingerprint density at radius 1 is 0.822 bits per heavy atom. The Morgan fingerprint density at radius 2 is 1.44 bits per heavy atom. The summed E-state index contributed by atoms with van der Waals surface area (Å²) in [4.78, 5) is 2.24. The molecule has 0 spiro atoms. The molecule has 0 atom stereocenters. The van der Waals surface area contributed by atoms with E-state index in [-0.39, 0.29) is 10.8 Å². The monoisotopic (exact) mass is 629 g/mol. The predicted molar refractivity (Wildman–Crippen MR) is 187 cm³/mol. The Bertz CT molecular complexity index is 1650. The minimum Gasteiger partial charge on any atom is -0.496 e. The number of halogens is 1. The number of benzene rings is 2. The van der Waals surface area contributed by atoms with E-state index in [0.29, 0.717) is 13.2 Å². The van der Waals surface area contributed by atoms with Gasteiger partial charge >= 0.3 is 0 Å². The lowest BCUT2D eigenvalue weighted by atomic mass is 9.80. The van der Waals surface area contributed by atoms with Crippen molar-refractivity contribution >= 4 is 22.9 Å². The minimum atomic E-state index is -0.231. The van der Waals surface area contributed by atoms with Crippen LogP contribution in [0.5, 0.6) is 23.0 Å². The molecule has 2 aromatic rings. The van der Waals surface area contributed by atoms with E-state index >= 15 is 0 Å². The zero-order valence-corrected chi connectivity index (χ0v) is 29.4. The molecule has 2 aliphatic carbocycles. The van der Waals surface area contributed by atoms with Crippen molar-refractivity contribution in [3.63, 3.8) is 0 Å². The van der Waals surface area contributed by atoms with Gasteiger partial charge in [-0.1, -0.05) is 57.5 Å². The second-order valence-electron chi connectivity index (χ2n) is 13.1. The topological polar surface area (TPSA) is 40.2 Å². The van der Waals surface area contributed by atoms with Crippen LogP contribution in [-0.4, -0.2) is 34.5 Å². The molecule has 0 saturated carbocycles. The van der Waals surface area contributed by atoms with Gasteiger partial charge in [-0.2, -0.15) is 0 Å². The molecule has 0 N–H and O–H groups in total. The Balaban J connectivity index is 1.48. The van der Waals surface area contributed by atoms with Gasteiger partial charge in [0, 0.05) is 46.3 Å². The summed E-state index contributed by atoms with van der Waals surface area (Å²) in [6.07, 6.45) is 11.9. The van der Waals surface area contributed by atoms with Crippen LogP contribution in [0.3, 0.4) is 0 Å². The third-order valence-corrected chi connectivity index (χ3v) is 10.2. The van der Waals surface area contributed by atoms with Crippen LogP contribution >= 0.6 is 11.6 Å². The van der Waals surface area contributed by atoms with Gasteiger partial charge in [0.05, 0.1) is 33.1 Å². The van der Waals surface area contributed by atoms with Crippen molar-refractivity contribution in [3.8, 4) is 23.0 Å². The summed E-state index contributed by atoms with van der Waals surface area (Å²) >= 11 is 7.15. The smallest absolute Gasteiger partial charge is 0.146 e. The normalized spacial score (nSPS) is 20.4. The largest absolute Gasteiger partial charge is 0.496 e. The highest BCUT2D eigenvalue weighted by Crippen LogP contribution is 2.53. The molecule has 1 aliphatic heterocycles. The molecule has 0 radical (unpaired) electrons. The minimum absolute atomic E-state index is 0.197. The van der Waals surface area contributed by atoms with E-state index in [2.05, 4.69) is 83.0 Å². The molecule has 5 rings (SSSR count). The Morgan fingerprint density at radius 3 is 2.07 bits per heavy atom. The van der Waals surface area contributed by atoms with Gasteiger partial charge in [0.1, 0.15) is 23.0 Å². The number of rotatable bonds is 9. The summed E-state index contributed by atoms with van der Waals surface area (Å²) in [7, 11) is 5.55. The highest BCUT2D eigenvalue weighted by atomic mass is 35.5. The van der Waals surface area contributed by atoms with Crippen LogP contribution in [0.4, 0.5) is 5.69 Å². The van der Waals surface area contributed by atoms with Gasteiger partial charge in [0.25, 0.3) is 0 Å². The number of anilines is 1. The van der Waals surface area contributed by atoms with Crippen LogP contribution in [0.1, 0.15) is 84.4 Å². The third-order valence-electron chi connectivity index (χ3n) is 9.67. The summed E-state index contributed by atoms with van der Waals surface area (Å²) in [5.74, 6) is 3.34. The highest BCUT2D eigenvalue weighted by Gasteiger charge is 2.41.